The van der Waals surface area contributed by atoms with Crippen LogP contribution in [0.5, 0.6) is 0 Å². The van der Waals surface area contributed by atoms with Crippen LogP contribution in [0.1, 0.15) is 0 Å². The van der Waals surface area contributed by atoms with E-state index in [4.69, 9.17) is 4.98 Å². The summed E-state index contributed by atoms with van der Waals surface area (Å²) in [5, 5.41) is 7.77. The van der Waals surface area contributed by atoms with E-state index in [9.17, 15) is 4.39 Å². The van der Waals surface area contributed by atoms with Crippen molar-refractivity contribution in [1.29, 1.82) is 0 Å². The van der Waals surface area contributed by atoms with E-state index in [1.165, 1.54) is 27.5 Å². The van der Waals surface area contributed by atoms with E-state index in [2.05, 4.69) is 40.1 Å². The molecule has 0 aliphatic heterocycles. The highest BCUT2D eigenvalue weighted by molar-refractivity contribution is 7.20. The van der Waals surface area contributed by atoms with Gasteiger partial charge in [0.2, 0.25) is 0 Å². The number of hydrogen-bond acceptors (Lipinski definition) is 5. The smallest absolute Gasteiger partial charge is 0.153 e. The number of rotatable bonds is 3. The van der Waals surface area contributed by atoms with Gasteiger partial charge in [-0.3, -0.25) is 0 Å². The Morgan fingerprint density at radius 1 is 0.767 bits per heavy atom. The Kier molecular flexibility index (Phi) is 4.23. The first-order valence-electron chi connectivity index (χ1n) is 9.26. The van der Waals surface area contributed by atoms with Crippen molar-refractivity contribution in [3.8, 4) is 32.4 Å². The number of nitrogens with zero attached hydrogens (tertiary/aromatic N) is 2. The Bertz CT molecular complexity index is 1530. The molecular weight excluding hydrogens is 431 g/mol. The average molecular weight is 444 g/mol. The number of aromatic nitrogens is 2. The highest BCUT2D eigenvalue weighted by atomic mass is 32.1. The van der Waals surface area contributed by atoms with Crippen molar-refractivity contribution >= 4 is 54.9 Å². The second-order valence-electron chi connectivity index (χ2n) is 6.81. The van der Waals surface area contributed by atoms with Crippen molar-refractivity contribution in [2.24, 2.45) is 0 Å². The first-order chi connectivity index (χ1) is 14.8. The fourth-order valence-corrected chi connectivity index (χ4v) is 6.28. The van der Waals surface area contributed by atoms with Crippen molar-refractivity contribution in [2.75, 3.05) is 0 Å². The van der Waals surface area contributed by atoms with E-state index < -0.39 is 0 Å². The third-order valence-corrected chi connectivity index (χ3v) is 7.83. The third-order valence-electron chi connectivity index (χ3n) is 5.10. The molecule has 0 atom stereocenters. The minimum Gasteiger partial charge on any atom is -0.235 e. The average Bonchev–Trinajstić information content (AvgIpc) is 3.52. The number of hydrogen-bond donors (Lipinski definition) is 0. The molecule has 30 heavy (non-hydrogen) atoms. The van der Waals surface area contributed by atoms with Gasteiger partial charge in [0, 0.05) is 37.4 Å². The minimum atomic E-state index is -0.214. The summed E-state index contributed by atoms with van der Waals surface area (Å²) in [6.07, 6.45) is 0. The van der Waals surface area contributed by atoms with Crippen LogP contribution < -0.4 is 0 Å². The van der Waals surface area contributed by atoms with Crippen LogP contribution >= 0.6 is 34.0 Å². The zero-order chi connectivity index (χ0) is 20.1. The number of fused-ring (bicyclic) bond motifs is 2. The van der Waals surface area contributed by atoms with Crippen LogP contribution in [0.4, 0.5) is 4.39 Å². The molecule has 0 aliphatic carbocycles. The Morgan fingerprint density at radius 2 is 1.57 bits per heavy atom. The van der Waals surface area contributed by atoms with Crippen molar-refractivity contribution in [1.82, 2.24) is 9.97 Å². The first kappa shape index (κ1) is 17.9. The highest BCUT2D eigenvalue weighted by Crippen LogP contribution is 2.42. The number of halogens is 1. The van der Waals surface area contributed by atoms with E-state index in [0.717, 1.165) is 37.8 Å². The van der Waals surface area contributed by atoms with E-state index in [-0.39, 0.29) is 5.82 Å². The maximum Gasteiger partial charge on any atom is 0.153 e. The zero-order valence-corrected chi connectivity index (χ0v) is 17.9. The van der Waals surface area contributed by atoms with Gasteiger partial charge in [-0.1, -0.05) is 42.5 Å². The molecular formula is C24H12FN2S3. The largest absolute Gasteiger partial charge is 0.235 e. The summed E-state index contributed by atoms with van der Waals surface area (Å²) in [4.78, 5) is 10.5. The van der Waals surface area contributed by atoms with Gasteiger partial charge in [-0.2, -0.15) is 0 Å². The summed E-state index contributed by atoms with van der Waals surface area (Å²) in [6.45, 7) is 0. The van der Waals surface area contributed by atoms with Crippen LogP contribution in [0.25, 0.3) is 53.3 Å². The molecule has 143 valence electrons. The van der Waals surface area contributed by atoms with Gasteiger partial charge in [-0.25, -0.2) is 14.4 Å². The molecule has 0 fully saturated rings. The summed E-state index contributed by atoms with van der Waals surface area (Å²) >= 11 is 4.78. The monoisotopic (exact) mass is 443 g/mol. The normalized spacial score (nSPS) is 11.5. The summed E-state index contributed by atoms with van der Waals surface area (Å²) in [5.41, 5.74) is 6.87. The summed E-state index contributed by atoms with van der Waals surface area (Å²) in [5.74, 6) is -0.214. The van der Waals surface area contributed by atoms with Gasteiger partial charge < -0.3 is 0 Å². The zero-order valence-electron chi connectivity index (χ0n) is 15.4. The molecule has 0 N–H and O–H groups in total. The number of thiazole rings is 2. The summed E-state index contributed by atoms with van der Waals surface area (Å²) < 4.78 is 15.5. The SMILES string of the molecule is Fc1ccc(-c2csc(-c3s[c]nc3-c3csc4ccccc34)n2)c2ccccc12. The maximum absolute atomic E-state index is 14.2. The van der Waals surface area contributed by atoms with Gasteiger partial charge in [0.15, 0.2) is 5.51 Å². The summed E-state index contributed by atoms with van der Waals surface area (Å²) in [6, 6.07) is 19.2. The van der Waals surface area contributed by atoms with Gasteiger partial charge in [-0.05, 0) is 23.6 Å². The predicted octanol–water partition coefficient (Wildman–Crippen LogP) is 7.91. The van der Waals surface area contributed by atoms with Gasteiger partial charge >= 0.3 is 0 Å². The van der Waals surface area contributed by atoms with Crippen LogP contribution in [0.2, 0.25) is 0 Å². The molecule has 3 heterocycles. The fraction of sp³-hybridized carbons (Fsp3) is 0. The second-order valence-corrected chi connectivity index (χ2v) is 9.37. The summed E-state index contributed by atoms with van der Waals surface area (Å²) in [7, 11) is 0. The van der Waals surface area contributed by atoms with Crippen molar-refractivity contribution in [2.45, 2.75) is 0 Å². The van der Waals surface area contributed by atoms with Crippen LogP contribution in [-0.2, 0) is 0 Å². The number of benzene rings is 3. The van der Waals surface area contributed by atoms with E-state index in [1.54, 1.807) is 28.7 Å². The van der Waals surface area contributed by atoms with Crippen LogP contribution in [0.3, 0.4) is 0 Å². The van der Waals surface area contributed by atoms with E-state index in [0.29, 0.717) is 5.39 Å². The third kappa shape index (κ3) is 2.80. The van der Waals surface area contributed by atoms with Crippen molar-refractivity contribution < 1.29 is 4.39 Å². The van der Waals surface area contributed by atoms with Gasteiger partial charge in [0.05, 0.1) is 16.3 Å². The molecule has 0 aliphatic rings. The molecule has 0 unspecified atom stereocenters. The molecule has 0 saturated carbocycles. The van der Waals surface area contributed by atoms with Crippen LogP contribution in [-0.4, -0.2) is 9.97 Å². The molecule has 0 bridgehead atoms. The van der Waals surface area contributed by atoms with Crippen LogP contribution in [0, 0.1) is 11.3 Å². The molecule has 0 spiro atoms. The Labute approximate surface area is 183 Å². The molecule has 6 aromatic rings. The van der Waals surface area contributed by atoms with Gasteiger partial charge in [0.1, 0.15) is 10.8 Å². The molecule has 3 aromatic carbocycles. The van der Waals surface area contributed by atoms with Crippen LogP contribution in [0.15, 0.2) is 71.4 Å². The molecule has 3 aromatic heterocycles. The van der Waals surface area contributed by atoms with E-state index in [1.807, 2.05) is 29.6 Å². The van der Waals surface area contributed by atoms with Gasteiger partial charge in [0.25, 0.3) is 0 Å². The van der Waals surface area contributed by atoms with Crippen molar-refractivity contribution in [3.63, 3.8) is 0 Å². The fourth-order valence-electron chi connectivity index (χ4n) is 3.69. The van der Waals surface area contributed by atoms with Gasteiger partial charge in [-0.15, -0.1) is 34.0 Å². The second kappa shape index (κ2) is 7.09. The lowest BCUT2D eigenvalue weighted by Crippen LogP contribution is -1.86. The molecule has 1 radical (unpaired) electrons. The highest BCUT2D eigenvalue weighted by Gasteiger charge is 2.19. The Hall–Kier alpha value is -2.93. The molecule has 6 rings (SSSR count). The topological polar surface area (TPSA) is 25.8 Å². The molecule has 6 heteroatoms. The Balaban J connectivity index is 1.48. The Morgan fingerprint density at radius 3 is 2.47 bits per heavy atom. The molecule has 0 saturated heterocycles. The number of thiophene rings is 1. The standard InChI is InChI=1S/C24H12FN2S3/c25-19-10-9-16(14-5-1-2-6-15(14)19)20-12-29-24(27-20)23-22(26-13-30-23)18-11-28-21-8-4-3-7-17(18)21/h1-12H. The lowest BCUT2D eigenvalue weighted by molar-refractivity contribution is 0.640. The molecule has 0 amide bonds. The first-order valence-corrected chi connectivity index (χ1v) is 11.8. The predicted molar refractivity (Wildman–Crippen MR) is 126 cm³/mol. The van der Waals surface area contributed by atoms with Crippen molar-refractivity contribution in [3.05, 3.63) is 82.8 Å². The lowest BCUT2D eigenvalue weighted by atomic mass is 10.0. The van der Waals surface area contributed by atoms with E-state index >= 15 is 0 Å². The quantitative estimate of drug-likeness (QED) is 0.278. The maximum atomic E-state index is 14.2. The minimum absolute atomic E-state index is 0.214. The molecule has 2 nitrogen and oxygen atoms in total. The lowest BCUT2D eigenvalue weighted by Gasteiger charge is -2.05.